The van der Waals surface area contributed by atoms with Crippen molar-refractivity contribution in [2.75, 3.05) is 27.8 Å². The first kappa shape index (κ1) is 33.3. The number of hydrogen-bond acceptors (Lipinski definition) is 5. The molecule has 0 aliphatic carbocycles. The maximum Gasteiger partial charge on any atom is 0.187 e. The summed E-state index contributed by atoms with van der Waals surface area (Å²) >= 11 is 3.84. The number of anilines is 5. The molecule has 5 aromatic rings. The monoisotopic (exact) mass is 694 g/mol. The second-order valence-electron chi connectivity index (χ2n) is 15.1. The summed E-state index contributed by atoms with van der Waals surface area (Å²) in [5.74, 6) is 1.63. The highest BCUT2D eigenvalue weighted by Gasteiger charge is 2.42. The zero-order valence-electron chi connectivity index (χ0n) is 30.6. The van der Waals surface area contributed by atoms with E-state index in [4.69, 9.17) is 0 Å². The molecule has 0 unspecified atom stereocenters. The predicted molar refractivity (Wildman–Crippen MR) is 216 cm³/mol. The molecule has 0 amide bonds. The van der Waals surface area contributed by atoms with Gasteiger partial charge >= 0.3 is 0 Å². The van der Waals surface area contributed by atoms with Gasteiger partial charge in [-0.1, -0.05) is 140 Å². The Morgan fingerprint density at radius 3 is 1.20 bits per heavy atom. The topological polar surface area (TPSA) is 9.72 Å². The van der Waals surface area contributed by atoms with Crippen LogP contribution in [0, 0.1) is 6.17 Å². The molecule has 3 aliphatic heterocycles. The minimum absolute atomic E-state index is 0.408. The van der Waals surface area contributed by atoms with E-state index < -0.39 is 0 Å². The summed E-state index contributed by atoms with van der Waals surface area (Å²) in [4.78, 5) is 13.1. The van der Waals surface area contributed by atoms with Gasteiger partial charge in [0.05, 0.1) is 17.1 Å². The molecule has 3 aliphatic rings. The lowest BCUT2D eigenvalue weighted by molar-refractivity contribution is 0.797. The van der Waals surface area contributed by atoms with Crippen molar-refractivity contribution >= 4 is 52.0 Å². The van der Waals surface area contributed by atoms with E-state index in [9.17, 15) is 0 Å². The van der Waals surface area contributed by atoms with E-state index >= 15 is 0 Å². The van der Waals surface area contributed by atoms with E-state index in [2.05, 4.69) is 167 Å². The van der Waals surface area contributed by atoms with Gasteiger partial charge in [0.1, 0.15) is 0 Å². The molecule has 0 aromatic heterocycles. The fourth-order valence-electron chi connectivity index (χ4n) is 8.10. The number of para-hydroxylation sites is 4. The Morgan fingerprint density at radius 2 is 0.820 bits per heavy atom. The van der Waals surface area contributed by atoms with Crippen molar-refractivity contribution in [3.63, 3.8) is 0 Å². The van der Waals surface area contributed by atoms with Crippen molar-refractivity contribution in [1.29, 1.82) is 0 Å². The maximum atomic E-state index is 2.70. The molecule has 1 fully saturated rings. The lowest BCUT2D eigenvalue weighted by Gasteiger charge is -2.40. The molecule has 0 atom stereocenters. The van der Waals surface area contributed by atoms with Gasteiger partial charge in [0.2, 0.25) is 0 Å². The van der Waals surface area contributed by atoms with Crippen LogP contribution in [0.2, 0.25) is 0 Å². The Kier molecular flexibility index (Phi) is 8.72. The summed E-state index contributed by atoms with van der Waals surface area (Å²) < 4.78 is 0. The van der Waals surface area contributed by atoms with Gasteiger partial charge in [-0.25, -0.2) is 0 Å². The molecular formula is C45H48N3S2. The Balaban J connectivity index is 1.39. The lowest BCUT2D eigenvalue weighted by Crippen LogP contribution is -2.34. The molecule has 5 aromatic carbocycles. The van der Waals surface area contributed by atoms with Gasteiger partial charge in [-0.05, 0) is 82.3 Å². The molecule has 5 heteroatoms. The van der Waals surface area contributed by atoms with Crippen LogP contribution in [0.25, 0.3) is 0 Å². The third kappa shape index (κ3) is 5.43. The minimum atomic E-state index is 0.408. The zero-order valence-corrected chi connectivity index (χ0v) is 32.3. The van der Waals surface area contributed by atoms with Gasteiger partial charge < -0.3 is 14.7 Å². The number of benzene rings is 5. The minimum Gasteiger partial charge on any atom is -0.339 e. The summed E-state index contributed by atoms with van der Waals surface area (Å²) in [6.07, 6.45) is 1.31. The number of nitrogens with zero attached hydrogens (tertiary/aromatic N) is 3. The van der Waals surface area contributed by atoms with E-state index in [1.54, 1.807) is 0 Å². The van der Waals surface area contributed by atoms with Gasteiger partial charge in [0.25, 0.3) is 0 Å². The van der Waals surface area contributed by atoms with Crippen LogP contribution in [0.1, 0.15) is 107 Å². The van der Waals surface area contributed by atoms with Crippen molar-refractivity contribution in [3.05, 3.63) is 131 Å². The lowest BCUT2D eigenvalue weighted by atomic mass is 9.90. The van der Waals surface area contributed by atoms with E-state index in [-0.39, 0.29) is 0 Å². The van der Waals surface area contributed by atoms with Gasteiger partial charge in [-0.15, -0.1) is 0 Å². The normalized spacial score (nSPS) is 15.4. The van der Waals surface area contributed by atoms with Crippen molar-refractivity contribution in [2.45, 2.75) is 98.6 Å². The van der Waals surface area contributed by atoms with Crippen LogP contribution in [0.15, 0.2) is 117 Å². The first-order valence-electron chi connectivity index (χ1n) is 18.3. The van der Waals surface area contributed by atoms with Crippen LogP contribution >= 0.6 is 23.5 Å². The smallest absolute Gasteiger partial charge is 0.187 e. The van der Waals surface area contributed by atoms with Gasteiger partial charge in [0, 0.05) is 49.6 Å². The summed E-state index contributed by atoms with van der Waals surface area (Å²) in [6.45, 7) is 20.7. The van der Waals surface area contributed by atoms with E-state index in [0.29, 0.717) is 23.7 Å². The first-order chi connectivity index (χ1) is 24.1. The molecule has 0 saturated carbocycles. The van der Waals surface area contributed by atoms with Crippen molar-refractivity contribution < 1.29 is 0 Å². The van der Waals surface area contributed by atoms with E-state index in [0.717, 1.165) is 13.1 Å². The molecular weight excluding hydrogens is 647 g/mol. The van der Waals surface area contributed by atoms with Crippen LogP contribution < -0.4 is 14.7 Å². The summed E-state index contributed by atoms with van der Waals surface area (Å²) in [6, 6.07) is 36.8. The van der Waals surface area contributed by atoms with Crippen molar-refractivity contribution in [3.8, 4) is 0 Å². The fraction of sp³-hybridized carbons (Fsp3) is 0.311. The molecule has 0 bridgehead atoms. The van der Waals surface area contributed by atoms with Crippen LogP contribution in [0.3, 0.4) is 0 Å². The molecule has 0 N–H and O–H groups in total. The molecule has 8 rings (SSSR count). The predicted octanol–water partition coefficient (Wildman–Crippen LogP) is 13.4. The second kappa shape index (κ2) is 13.1. The standard InChI is InChI=1S/C45H48N3S2/c1-27(2)32-15-13-16-33(28(3)4)42(32)46-23-24-47(43-34(29(5)6)17-14-18-35(43)30(7)8)45(46)31-25-40-44-41(26-31)50-39-22-12-10-20-37(39)48(44)36-19-9-11-21-38(36)49-40/h9-22,25-30H,23-24H2,1-8H3. The molecule has 0 spiro atoms. The van der Waals surface area contributed by atoms with Crippen LogP contribution in [-0.4, -0.2) is 13.1 Å². The van der Waals surface area contributed by atoms with Crippen molar-refractivity contribution in [2.24, 2.45) is 0 Å². The average molecular weight is 695 g/mol. The number of hydrogen-bond donors (Lipinski definition) is 0. The average Bonchev–Trinajstić information content (AvgIpc) is 3.55. The number of fused-ring (bicyclic) bond motifs is 4. The Labute approximate surface area is 308 Å². The van der Waals surface area contributed by atoms with Crippen LogP contribution in [0.5, 0.6) is 0 Å². The molecule has 1 radical (unpaired) electrons. The molecule has 255 valence electrons. The fourth-order valence-corrected chi connectivity index (χ4v) is 10.4. The molecule has 50 heavy (non-hydrogen) atoms. The largest absolute Gasteiger partial charge is 0.339 e. The zero-order chi connectivity index (χ0) is 34.8. The van der Waals surface area contributed by atoms with Gasteiger partial charge in [-0.2, -0.15) is 0 Å². The highest BCUT2D eigenvalue weighted by Crippen LogP contribution is 2.61. The Hall–Kier alpha value is -3.80. The Bertz CT molecular complexity index is 1880. The van der Waals surface area contributed by atoms with E-state index in [1.165, 1.54) is 82.0 Å². The highest BCUT2D eigenvalue weighted by atomic mass is 32.2. The third-order valence-corrected chi connectivity index (χ3v) is 12.6. The molecule has 1 saturated heterocycles. The molecule has 3 nitrogen and oxygen atoms in total. The summed E-state index contributed by atoms with van der Waals surface area (Å²) in [7, 11) is 0. The molecule has 3 heterocycles. The SMILES string of the molecule is CC(C)c1cccc(C(C)C)c1N1CCN(c2c(C(C)C)cccc2C(C)C)[C]1c1cc2c3c(c1)Sc1ccccc1N3c1ccccc1S2. The van der Waals surface area contributed by atoms with Crippen molar-refractivity contribution in [1.82, 2.24) is 0 Å². The van der Waals surface area contributed by atoms with E-state index in [1.807, 2.05) is 23.5 Å². The number of rotatable bonds is 7. The van der Waals surface area contributed by atoms with Crippen LogP contribution in [-0.2, 0) is 0 Å². The van der Waals surface area contributed by atoms with Gasteiger partial charge in [0.15, 0.2) is 6.17 Å². The quantitative estimate of drug-likeness (QED) is 0.164. The van der Waals surface area contributed by atoms with Crippen LogP contribution in [0.4, 0.5) is 28.4 Å². The summed E-state index contributed by atoms with van der Waals surface area (Å²) in [5, 5.41) is 0. The second-order valence-corrected chi connectivity index (χ2v) is 17.3. The Morgan fingerprint density at radius 1 is 0.440 bits per heavy atom. The first-order valence-corrected chi connectivity index (χ1v) is 20.0. The highest BCUT2D eigenvalue weighted by molar-refractivity contribution is 8.00. The third-order valence-electron chi connectivity index (χ3n) is 10.5. The maximum absolute atomic E-state index is 2.70. The summed E-state index contributed by atoms with van der Waals surface area (Å²) in [5.41, 5.74) is 13.6. The van der Waals surface area contributed by atoms with Gasteiger partial charge in [-0.3, -0.25) is 0 Å².